The van der Waals surface area contributed by atoms with Crippen LogP contribution < -0.4 is 0 Å². The van der Waals surface area contributed by atoms with E-state index in [2.05, 4.69) is 39.0 Å². The Labute approximate surface area is 64.6 Å². The summed E-state index contributed by atoms with van der Waals surface area (Å²) in [5.41, 5.74) is 0. The lowest BCUT2D eigenvalue weighted by Gasteiger charge is -2.08. The summed E-state index contributed by atoms with van der Waals surface area (Å²) in [7, 11) is 0. The monoisotopic (exact) mass is 138 g/mol. The molecule has 0 bridgehead atoms. The van der Waals surface area contributed by atoms with Gasteiger partial charge in [-0.1, -0.05) is 45.1 Å². The maximum absolute atomic E-state index is 2.24. The van der Waals surface area contributed by atoms with E-state index >= 15 is 0 Å². The molecule has 0 aliphatic rings. The summed E-state index contributed by atoms with van der Waals surface area (Å²) in [5.74, 6) is 1.44. The summed E-state index contributed by atoms with van der Waals surface area (Å²) in [4.78, 5) is 0. The zero-order valence-corrected chi connectivity index (χ0v) is 7.46. The number of hydrogen-bond donors (Lipinski definition) is 0. The largest absolute Gasteiger partial charge is 0.0877 e. The summed E-state index contributed by atoms with van der Waals surface area (Å²) >= 11 is 0. The Morgan fingerprint density at radius 1 is 1.00 bits per heavy atom. The van der Waals surface area contributed by atoms with Crippen LogP contribution in [0.3, 0.4) is 0 Å². The first-order valence-corrected chi connectivity index (χ1v) is 3.98. The standard InChI is InChI=1S/C10H18/c1-5-6-7-8-10(4)9(2)3/h5-10H,1-4H3. The third-order valence-corrected chi connectivity index (χ3v) is 1.77. The van der Waals surface area contributed by atoms with Gasteiger partial charge in [0.25, 0.3) is 0 Å². The highest BCUT2D eigenvalue weighted by molar-refractivity contribution is 5.02. The Hall–Kier alpha value is -0.520. The van der Waals surface area contributed by atoms with E-state index in [4.69, 9.17) is 0 Å². The maximum Gasteiger partial charge on any atom is -0.0236 e. The van der Waals surface area contributed by atoms with Crippen molar-refractivity contribution in [1.82, 2.24) is 0 Å². The van der Waals surface area contributed by atoms with Gasteiger partial charge < -0.3 is 0 Å². The molecule has 0 N–H and O–H groups in total. The molecular weight excluding hydrogens is 120 g/mol. The Bertz CT molecular complexity index is 118. The van der Waals surface area contributed by atoms with Crippen LogP contribution >= 0.6 is 0 Å². The molecule has 0 aromatic rings. The van der Waals surface area contributed by atoms with Gasteiger partial charge in [0.05, 0.1) is 0 Å². The lowest BCUT2D eigenvalue weighted by atomic mass is 9.98. The van der Waals surface area contributed by atoms with E-state index in [9.17, 15) is 0 Å². The Balaban J connectivity index is 3.66. The summed E-state index contributed by atoms with van der Waals surface area (Å²) in [5, 5.41) is 0. The van der Waals surface area contributed by atoms with Crippen molar-refractivity contribution in [2.45, 2.75) is 27.7 Å². The van der Waals surface area contributed by atoms with Crippen molar-refractivity contribution in [2.24, 2.45) is 11.8 Å². The van der Waals surface area contributed by atoms with E-state index in [-0.39, 0.29) is 0 Å². The molecule has 0 amide bonds. The summed E-state index contributed by atoms with van der Waals surface area (Å²) in [6.07, 6.45) is 8.47. The van der Waals surface area contributed by atoms with Crippen LogP contribution in [0.2, 0.25) is 0 Å². The predicted octanol–water partition coefficient (Wildman–Crippen LogP) is 3.41. The molecule has 1 atom stereocenters. The van der Waals surface area contributed by atoms with E-state index in [1.165, 1.54) is 0 Å². The van der Waals surface area contributed by atoms with Gasteiger partial charge in [-0.25, -0.2) is 0 Å². The van der Waals surface area contributed by atoms with E-state index in [0.29, 0.717) is 5.92 Å². The molecular formula is C10H18. The molecule has 0 spiro atoms. The minimum atomic E-state index is 0.691. The summed E-state index contributed by atoms with van der Waals surface area (Å²) in [6, 6.07) is 0. The van der Waals surface area contributed by atoms with Gasteiger partial charge in [0.2, 0.25) is 0 Å². The van der Waals surface area contributed by atoms with E-state index in [0.717, 1.165) is 5.92 Å². The van der Waals surface area contributed by atoms with E-state index in [1.807, 2.05) is 13.0 Å². The fraction of sp³-hybridized carbons (Fsp3) is 0.600. The Morgan fingerprint density at radius 3 is 2.00 bits per heavy atom. The van der Waals surface area contributed by atoms with Gasteiger partial charge in [-0.15, -0.1) is 0 Å². The molecule has 0 aromatic carbocycles. The van der Waals surface area contributed by atoms with Crippen molar-refractivity contribution in [1.29, 1.82) is 0 Å². The van der Waals surface area contributed by atoms with Crippen molar-refractivity contribution < 1.29 is 0 Å². The first-order chi connectivity index (χ1) is 4.68. The van der Waals surface area contributed by atoms with Crippen molar-refractivity contribution in [3.63, 3.8) is 0 Å². The van der Waals surface area contributed by atoms with Gasteiger partial charge in [-0.2, -0.15) is 0 Å². The smallest absolute Gasteiger partial charge is 0.0236 e. The fourth-order valence-corrected chi connectivity index (χ4v) is 0.573. The van der Waals surface area contributed by atoms with Crippen molar-refractivity contribution >= 4 is 0 Å². The molecule has 0 radical (unpaired) electrons. The highest BCUT2D eigenvalue weighted by atomic mass is 14.0. The van der Waals surface area contributed by atoms with Gasteiger partial charge in [-0.3, -0.25) is 0 Å². The summed E-state index contributed by atoms with van der Waals surface area (Å²) in [6.45, 7) is 8.75. The normalized spacial score (nSPS) is 15.7. The van der Waals surface area contributed by atoms with Crippen molar-refractivity contribution in [2.75, 3.05) is 0 Å². The third kappa shape index (κ3) is 4.37. The number of rotatable bonds is 3. The zero-order valence-electron chi connectivity index (χ0n) is 7.46. The minimum absolute atomic E-state index is 0.691. The second-order valence-electron chi connectivity index (χ2n) is 3.01. The van der Waals surface area contributed by atoms with Crippen molar-refractivity contribution in [3.05, 3.63) is 24.3 Å². The van der Waals surface area contributed by atoms with Crippen LogP contribution in [0.1, 0.15) is 27.7 Å². The van der Waals surface area contributed by atoms with Gasteiger partial charge in [0, 0.05) is 0 Å². The molecule has 0 saturated carbocycles. The highest BCUT2D eigenvalue weighted by Crippen LogP contribution is 2.10. The molecule has 0 aromatic heterocycles. The molecule has 0 aliphatic carbocycles. The van der Waals surface area contributed by atoms with Gasteiger partial charge in [0.1, 0.15) is 0 Å². The van der Waals surface area contributed by atoms with Crippen LogP contribution in [0.15, 0.2) is 24.3 Å². The third-order valence-electron chi connectivity index (χ3n) is 1.77. The maximum atomic E-state index is 2.24. The molecule has 0 nitrogen and oxygen atoms in total. The lowest BCUT2D eigenvalue weighted by Crippen LogP contribution is -1.98. The predicted molar refractivity (Wildman–Crippen MR) is 48.0 cm³/mol. The molecule has 1 unspecified atom stereocenters. The SMILES string of the molecule is CC=CC=CC(C)C(C)C. The molecule has 10 heavy (non-hydrogen) atoms. The first kappa shape index (κ1) is 9.48. The van der Waals surface area contributed by atoms with Crippen LogP contribution in [-0.4, -0.2) is 0 Å². The topological polar surface area (TPSA) is 0 Å². The fourth-order valence-electron chi connectivity index (χ4n) is 0.573. The molecule has 0 heterocycles. The van der Waals surface area contributed by atoms with Crippen LogP contribution in [0.5, 0.6) is 0 Å². The molecule has 0 aliphatic heterocycles. The van der Waals surface area contributed by atoms with E-state index < -0.39 is 0 Å². The van der Waals surface area contributed by atoms with E-state index in [1.54, 1.807) is 0 Å². The Kier molecular flexibility index (Phi) is 5.00. The Morgan fingerprint density at radius 2 is 1.60 bits per heavy atom. The molecule has 0 rings (SSSR count). The van der Waals surface area contributed by atoms with Crippen LogP contribution in [0.4, 0.5) is 0 Å². The molecule has 58 valence electrons. The molecule has 0 heteroatoms. The van der Waals surface area contributed by atoms with Crippen LogP contribution in [-0.2, 0) is 0 Å². The van der Waals surface area contributed by atoms with Gasteiger partial charge >= 0.3 is 0 Å². The zero-order chi connectivity index (χ0) is 7.98. The average Bonchev–Trinajstić information content (AvgIpc) is 1.88. The lowest BCUT2D eigenvalue weighted by molar-refractivity contribution is 0.504. The van der Waals surface area contributed by atoms with Crippen LogP contribution in [0, 0.1) is 11.8 Å². The average molecular weight is 138 g/mol. The molecule has 0 saturated heterocycles. The second-order valence-corrected chi connectivity index (χ2v) is 3.01. The van der Waals surface area contributed by atoms with Gasteiger partial charge in [-0.05, 0) is 18.8 Å². The number of hydrogen-bond acceptors (Lipinski definition) is 0. The van der Waals surface area contributed by atoms with Gasteiger partial charge in [0.15, 0.2) is 0 Å². The molecule has 0 fully saturated rings. The minimum Gasteiger partial charge on any atom is -0.0877 e. The quantitative estimate of drug-likeness (QED) is 0.524. The summed E-state index contributed by atoms with van der Waals surface area (Å²) < 4.78 is 0. The van der Waals surface area contributed by atoms with Crippen LogP contribution in [0.25, 0.3) is 0 Å². The van der Waals surface area contributed by atoms with Crippen molar-refractivity contribution in [3.8, 4) is 0 Å². The highest BCUT2D eigenvalue weighted by Gasteiger charge is 1.99. The second kappa shape index (κ2) is 5.28. The first-order valence-electron chi connectivity index (χ1n) is 3.98. The number of allylic oxidation sites excluding steroid dienone is 4.